The van der Waals surface area contributed by atoms with Crippen LogP contribution in [-0.2, 0) is 13.5 Å². The minimum atomic E-state index is -0.847. The first-order valence-corrected chi connectivity index (χ1v) is 7.39. The van der Waals surface area contributed by atoms with Crippen LogP contribution in [0.2, 0.25) is 0 Å². The van der Waals surface area contributed by atoms with Crippen molar-refractivity contribution in [3.8, 4) is 0 Å². The predicted octanol–water partition coefficient (Wildman–Crippen LogP) is 3.75. The molecule has 5 heteroatoms. The van der Waals surface area contributed by atoms with Gasteiger partial charge in [0.2, 0.25) is 0 Å². The lowest BCUT2D eigenvalue weighted by molar-refractivity contribution is 0.173. The number of para-hydroxylation sites is 1. The number of hydrogen-bond acceptors (Lipinski definition) is 2. The van der Waals surface area contributed by atoms with Gasteiger partial charge in [-0.2, -0.15) is 5.10 Å². The fourth-order valence-electron chi connectivity index (χ4n) is 2.49. The smallest absolute Gasteiger partial charge is 0.126 e. The normalized spacial score (nSPS) is 12.8. The summed E-state index contributed by atoms with van der Waals surface area (Å²) in [5.74, 6) is -0.322. The molecule has 0 aliphatic rings. The van der Waals surface area contributed by atoms with E-state index in [4.69, 9.17) is 0 Å². The highest BCUT2D eigenvalue weighted by atomic mass is 79.9. The van der Waals surface area contributed by atoms with Crippen molar-refractivity contribution in [1.29, 1.82) is 0 Å². The summed E-state index contributed by atoms with van der Waals surface area (Å²) in [5, 5.41) is 15.7. The van der Waals surface area contributed by atoms with Gasteiger partial charge in [0.1, 0.15) is 11.9 Å². The van der Waals surface area contributed by atoms with E-state index in [-0.39, 0.29) is 12.2 Å². The average molecular weight is 349 g/mol. The molecule has 1 atom stereocenters. The molecular formula is C16H14BrFN2O. The summed E-state index contributed by atoms with van der Waals surface area (Å²) in [5.41, 5.74) is 1.99. The molecule has 1 heterocycles. The van der Waals surface area contributed by atoms with Gasteiger partial charge in [-0.25, -0.2) is 4.39 Å². The Hall–Kier alpha value is -1.72. The average Bonchev–Trinajstić information content (AvgIpc) is 2.81. The van der Waals surface area contributed by atoms with E-state index < -0.39 is 6.10 Å². The van der Waals surface area contributed by atoms with Crippen LogP contribution in [0, 0.1) is 5.82 Å². The van der Waals surface area contributed by atoms with Crippen LogP contribution < -0.4 is 0 Å². The number of halogens is 2. The Morgan fingerprint density at radius 2 is 2.05 bits per heavy atom. The van der Waals surface area contributed by atoms with Crippen LogP contribution in [0.15, 0.2) is 46.9 Å². The van der Waals surface area contributed by atoms with Crippen molar-refractivity contribution in [3.63, 3.8) is 0 Å². The molecule has 0 amide bonds. The fourth-order valence-corrected chi connectivity index (χ4v) is 2.90. The molecule has 0 aliphatic carbocycles. The largest absolute Gasteiger partial charge is 0.386 e. The predicted molar refractivity (Wildman–Crippen MR) is 83.5 cm³/mol. The van der Waals surface area contributed by atoms with Crippen LogP contribution in [0.25, 0.3) is 10.9 Å². The lowest BCUT2D eigenvalue weighted by atomic mass is 10.0. The first-order chi connectivity index (χ1) is 10.1. The van der Waals surface area contributed by atoms with Gasteiger partial charge in [-0.3, -0.25) is 4.68 Å². The highest BCUT2D eigenvalue weighted by molar-refractivity contribution is 9.10. The number of nitrogens with zero attached hydrogens (tertiary/aromatic N) is 2. The summed E-state index contributed by atoms with van der Waals surface area (Å²) >= 11 is 3.32. The zero-order valence-corrected chi connectivity index (χ0v) is 13.0. The number of fused-ring (bicyclic) bond motifs is 1. The third kappa shape index (κ3) is 2.71. The number of hydrogen-bond donors (Lipinski definition) is 1. The highest BCUT2D eigenvalue weighted by Crippen LogP contribution is 2.27. The highest BCUT2D eigenvalue weighted by Gasteiger charge is 2.18. The van der Waals surface area contributed by atoms with Gasteiger partial charge in [-0.15, -0.1) is 0 Å². The van der Waals surface area contributed by atoms with Crippen LogP contribution >= 0.6 is 15.9 Å². The maximum Gasteiger partial charge on any atom is 0.126 e. The van der Waals surface area contributed by atoms with Crippen LogP contribution in [-0.4, -0.2) is 14.9 Å². The minimum absolute atomic E-state index is 0.187. The number of aliphatic hydroxyl groups is 1. The molecule has 0 radical (unpaired) electrons. The molecular weight excluding hydrogens is 335 g/mol. The second-order valence-corrected chi connectivity index (χ2v) is 5.90. The molecule has 2 aromatic carbocycles. The van der Waals surface area contributed by atoms with Crippen LogP contribution in [0.5, 0.6) is 0 Å². The SMILES string of the molecule is Cn1nc(C(O)Cc2cc(Br)ccc2F)c2ccccc21. The number of aromatic nitrogens is 2. The zero-order valence-electron chi connectivity index (χ0n) is 11.4. The number of aliphatic hydroxyl groups excluding tert-OH is 1. The van der Waals surface area contributed by atoms with E-state index >= 15 is 0 Å². The second-order valence-electron chi connectivity index (χ2n) is 4.98. The van der Waals surface area contributed by atoms with E-state index in [1.165, 1.54) is 6.07 Å². The Kier molecular flexibility index (Phi) is 3.78. The maximum atomic E-state index is 13.8. The van der Waals surface area contributed by atoms with E-state index in [9.17, 15) is 9.50 Å². The molecule has 3 nitrogen and oxygen atoms in total. The molecule has 21 heavy (non-hydrogen) atoms. The van der Waals surface area contributed by atoms with Crippen molar-refractivity contribution in [2.24, 2.45) is 7.05 Å². The summed E-state index contributed by atoms with van der Waals surface area (Å²) in [6.07, 6.45) is -0.661. The van der Waals surface area contributed by atoms with Gasteiger partial charge in [0.25, 0.3) is 0 Å². The molecule has 1 N–H and O–H groups in total. The number of aryl methyl sites for hydroxylation is 1. The number of benzene rings is 2. The lowest BCUT2D eigenvalue weighted by Crippen LogP contribution is -2.05. The molecule has 1 unspecified atom stereocenters. The molecule has 0 spiro atoms. The van der Waals surface area contributed by atoms with Gasteiger partial charge in [0, 0.05) is 23.3 Å². The molecule has 0 fully saturated rings. The van der Waals surface area contributed by atoms with Crippen LogP contribution in [0.1, 0.15) is 17.4 Å². The Balaban J connectivity index is 1.97. The molecule has 1 aromatic heterocycles. The quantitative estimate of drug-likeness (QED) is 0.782. The van der Waals surface area contributed by atoms with Gasteiger partial charge in [-0.1, -0.05) is 34.1 Å². The standard InChI is InChI=1S/C16H14BrFN2O/c1-20-14-5-3-2-4-12(14)16(19-20)15(21)9-10-8-11(17)6-7-13(10)18/h2-8,15,21H,9H2,1H3. The van der Waals surface area contributed by atoms with Crippen molar-refractivity contribution in [2.45, 2.75) is 12.5 Å². The molecule has 0 aliphatic heterocycles. The van der Waals surface area contributed by atoms with Gasteiger partial charge in [0.05, 0.1) is 11.2 Å². The first-order valence-electron chi connectivity index (χ1n) is 6.60. The third-order valence-electron chi connectivity index (χ3n) is 3.52. The summed E-state index contributed by atoms with van der Waals surface area (Å²) in [4.78, 5) is 0. The summed E-state index contributed by atoms with van der Waals surface area (Å²) in [6.45, 7) is 0. The van der Waals surface area contributed by atoms with E-state index in [0.29, 0.717) is 11.3 Å². The van der Waals surface area contributed by atoms with Crippen molar-refractivity contribution in [1.82, 2.24) is 9.78 Å². The van der Waals surface area contributed by atoms with Crippen molar-refractivity contribution < 1.29 is 9.50 Å². The minimum Gasteiger partial charge on any atom is -0.386 e. The summed E-state index contributed by atoms with van der Waals surface area (Å²) in [6, 6.07) is 12.4. The molecule has 0 bridgehead atoms. The summed E-state index contributed by atoms with van der Waals surface area (Å²) < 4.78 is 16.3. The van der Waals surface area contributed by atoms with Crippen molar-refractivity contribution in [3.05, 3.63) is 64.0 Å². The van der Waals surface area contributed by atoms with E-state index in [1.54, 1.807) is 16.8 Å². The van der Waals surface area contributed by atoms with Gasteiger partial charge >= 0.3 is 0 Å². The van der Waals surface area contributed by atoms with Gasteiger partial charge in [-0.05, 0) is 29.8 Å². The van der Waals surface area contributed by atoms with E-state index in [0.717, 1.165) is 15.4 Å². The molecule has 108 valence electrons. The van der Waals surface area contributed by atoms with Crippen LogP contribution in [0.3, 0.4) is 0 Å². The van der Waals surface area contributed by atoms with E-state index in [2.05, 4.69) is 21.0 Å². The first kappa shape index (κ1) is 14.2. The molecule has 0 saturated heterocycles. The Morgan fingerprint density at radius 3 is 2.86 bits per heavy atom. The van der Waals surface area contributed by atoms with Crippen molar-refractivity contribution >= 4 is 26.8 Å². The second kappa shape index (κ2) is 5.58. The molecule has 0 saturated carbocycles. The lowest BCUT2D eigenvalue weighted by Gasteiger charge is -2.10. The molecule has 3 aromatic rings. The third-order valence-corrected chi connectivity index (χ3v) is 4.02. The Labute approximate surface area is 130 Å². The topological polar surface area (TPSA) is 38.0 Å². The molecule has 3 rings (SSSR count). The Morgan fingerprint density at radius 1 is 1.29 bits per heavy atom. The monoisotopic (exact) mass is 348 g/mol. The van der Waals surface area contributed by atoms with Crippen LogP contribution in [0.4, 0.5) is 4.39 Å². The van der Waals surface area contributed by atoms with Crippen molar-refractivity contribution in [2.75, 3.05) is 0 Å². The van der Waals surface area contributed by atoms with E-state index in [1.807, 2.05) is 31.3 Å². The van der Waals surface area contributed by atoms with Gasteiger partial charge in [0.15, 0.2) is 0 Å². The summed E-state index contributed by atoms with van der Waals surface area (Å²) in [7, 11) is 1.83. The fraction of sp³-hybridized carbons (Fsp3) is 0.188. The Bertz CT molecular complexity index is 800. The zero-order chi connectivity index (χ0) is 15.0. The van der Waals surface area contributed by atoms with Gasteiger partial charge < -0.3 is 5.11 Å². The number of rotatable bonds is 3. The maximum absolute atomic E-state index is 13.8.